The fraction of sp³-hybridized carbons (Fsp3) is 0.143. The first-order valence-electron chi connectivity index (χ1n) is 12.4. The monoisotopic (exact) mass is 607 g/mol. The number of rotatable bonds is 8. The van der Waals surface area contributed by atoms with Gasteiger partial charge in [-0.05, 0) is 53.6 Å². The number of aryl methyl sites for hydroxylation is 1. The van der Waals surface area contributed by atoms with Crippen LogP contribution in [-0.4, -0.2) is 42.9 Å². The summed E-state index contributed by atoms with van der Waals surface area (Å²) in [6.45, 7) is 0.0962. The maximum Gasteiger partial charge on any atom is 0.332 e. The summed E-state index contributed by atoms with van der Waals surface area (Å²) >= 11 is 12.5. The van der Waals surface area contributed by atoms with Crippen molar-refractivity contribution >= 4 is 46.5 Å². The number of amides is 1. The summed E-state index contributed by atoms with van der Waals surface area (Å²) in [5, 5.41) is 4.83. The second-order valence-electron chi connectivity index (χ2n) is 9.05. The van der Waals surface area contributed by atoms with Crippen molar-refractivity contribution in [2.75, 3.05) is 7.11 Å². The van der Waals surface area contributed by atoms with Gasteiger partial charge in [-0.3, -0.25) is 28.3 Å². The highest BCUT2D eigenvalue weighted by Gasteiger charge is 2.22. The Kier molecular flexibility index (Phi) is 8.09. The molecule has 0 bridgehead atoms. The first kappa shape index (κ1) is 28.6. The Hall–Kier alpha value is -4.94. The molecule has 0 saturated heterocycles. The average Bonchev–Trinajstić information content (AvgIpc) is 3.35. The van der Waals surface area contributed by atoms with Crippen LogP contribution in [0.15, 0.2) is 75.6 Å². The average molecular weight is 608 g/mol. The first-order valence-corrected chi connectivity index (χ1v) is 13.1. The molecule has 0 aliphatic rings. The van der Waals surface area contributed by atoms with Gasteiger partial charge in [-0.15, -0.1) is 0 Å². The number of nitrogens with zero attached hydrogens (tertiary/aromatic N) is 6. The number of methoxy groups -OCH3 is 1. The van der Waals surface area contributed by atoms with E-state index in [0.29, 0.717) is 32.5 Å². The van der Waals surface area contributed by atoms with E-state index in [4.69, 9.17) is 32.7 Å². The number of carbonyl (C=O) groups is 1. The van der Waals surface area contributed by atoms with Crippen molar-refractivity contribution in [1.29, 1.82) is 0 Å². The Morgan fingerprint density at radius 1 is 1.07 bits per heavy atom. The molecule has 0 radical (unpaired) electrons. The molecule has 3 heterocycles. The maximum atomic E-state index is 13.2. The molecule has 5 aromatic rings. The second kappa shape index (κ2) is 11.9. The first-order chi connectivity index (χ1) is 20.2. The third-order valence-electron chi connectivity index (χ3n) is 6.35. The summed E-state index contributed by atoms with van der Waals surface area (Å²) in [5.74, 6) is 0.184. The van der Waals surface area contributed by atoms with Gasteiger partial charge in [0.15, 0.2) is 22.7 Å². The molecule has 0 fully saturated rings. The molecule has 42 heavy (non-hydrogen) atoms. The van der Waals surface area contributed by atoms with Gasteiger partial charge < -0.3 is 9.47 Å². The number of hydrazone groups is 1. The van der Waals surface area contributed by atoms with Gasteiger partial charge in [0.25, 0.3) is 11.5 Å². The molecule has 3 aromatic heterocycles. The molecule has 12 nitrogen and oxygen atoms in total. The largest absolute Gasteiger partial charge is 0.493 e. The van der Waals surface area contributed by atoms with E-state index >= 15 is 0 Å². The number of ether oxygens (including phenoxy) is 2. The van der Waals surface area contributed by atoms with Crippen molar-refractivity contribution in [3.05, 3.63) is 108 Å². The molecule has 0 aliphatic heterocycles. The lowest BCUT2D eigenvalue weighted by molar-refractivity contribution is 0.0954. The SMILES string of the molecule is COc1cc(C=NNC(=O)c2cccnc2)ccc1Oc1nc2c(c(=O)n(C)c(=O)n2C)n1Cc1ccc(Cl)cc1Cl. The van der Waals surface area contributed by atoms with Crippen LogP contribution in [0.5, 0.6) is 17.5 Å². The van der Waals surface area contributed by atoms with Crippen molar-refractivity contribution in [3.8, 4) is 17.5 Å². The topological polar surface area (TPSA) is 135 Å². The normalized spacial score (nSPS) is 11.3. The summed E-state index contributed by atoms with van der Waals surface area (Å²) in [5.41, 5.74) is 3.25. The Labute approximate surface area is 248 Å². The van der Waals surface area contributed by atoms with Gasteiger partial charge in [-0.2, -0.15) is 10.1 Å². The Morgan fingerprint density at radius 3 is 2.60 bits per heavy atom. The van der Waals surface area contributed by atoms with Crippen LogP contribution in [0.3, 0.4) is 0 Å². The lowest BCUT2D eigenvalue weighted by atomic mass is 10.2. The lowest BCUT2D eigenvalue weighted by Gasteiger charge is -2.13. The molecule has 14 heteroatoms. The molecule has 5 rings (SSSR count). The molecule has 1 amide bonds. The Bertz CT molecular complexity index is 1970. The third-order valence-corrected chi connectivity index (χ3v) is 6.94. The van der Waals surface area contributed by atoms with E-state index in [0.717, 1.165) is 4.57 Å². The molecule has 0 spiro atoms. The van der Waals surface area contributed by atoms with Crippen LogP contribution in [0.2, 0.25) is 10.0 Å². The molecule has 1 N–H and O–H groups in total. The van der Waals surface area contributed by atoms with E-state index < -0.39 is 17.2 Å². The summed E-state index contributed by atoms with van der Waals surface area (Å²) < 4.78 is 15.5. The van der Waals surface area contributed by atoms with Crippen molar-refractivity contribution < 1.29 is 14.3 Å². The van der Waals surface area contributed by atoms with Crippen molar-refractivity contribution in [2.24, 2.45) is 19.2 Å². The van der Waals surface area contributed by atoms with Crippen LogP contribution in [-0.2, 0) is 20.6 Å². The quantitative estimate of drug-likeness (QED) is 0.210. The highest BCUT2D eigenvalue weighted by molar-refractivity contribution is 6.35. The minimum atomic E-state index is -0.549. The maximum absolute atomic E-state index is 13.2. The summed E-state index contributed by atoms with van der Waals surface area (Å²) in [4.78, 5) is 46.5. The van der Waals surface area contributed by atoms with Gasteiger partial charge in [-0.1, -0.05) is 29.3 Å². The number of pyridine rings is 1. The number of imidazole rings is 1. The number of hydrogen-bond donors (Lipinski definition) is 1. The number of fused-ring (bicyclic) bond motifs is 1. The standard InChI is InChI=1S/C28H23Cl2N7O5/c1-35-24-23(26(39)36(2)28(35)40)37(15-18-7-8-19(29)12-20(18)30)27(33-24)42-21-9-6-16(11-22(21)41-3)13-32-34-25(38)17-5-4-10-31-14-17/h4-14H,15H2,1-3H3,(H,34,38). The van der Waals surface area contributed by atoms with Crippen LogP contribution >= 0.6 is 23.2 Å². The van der Waals surface area contributed by atoms with Gasteiger partial charge in [0.1, 0.15) is 0 Å². The van der Waals surface area contributed by atoms with E-state index in [1.54, 1.807) is 54.7 Å². The van der Waals surface area contributed by atoms with Gasteiger partial charge in [0.2, 0.25) is 0 Å². The zero-order valence-electron chi connectivity index (χ0n) is 22.5. The van der Waals surface area contributed by atoms with E-state index in [1.165, 1.54) is 42.8 Å². The van der Waals surface area contributed by atoms with Gasteiger partial charge in [-0.25, -0.2) is 10.2 Å². The Morgan fingerprint density at radius 2 is 1.88 bits per heavy atom. The summed E-state index contributed by atoms with van der Waals surface area (Å²) in [6, 6.07) is 13.3. The number of hydrogen-bond acceptors (Lipinski definition) is 8. The van der Waals surface area contributed by atoms with Gasteiger partial charge in [0.05, 0.1) is 25.4 Å². The summed E-state index contributed by atoms with van der Waals surface area (Å²) in [7, 11) is 4.37. The number of carbonyl (C=O) groups excluding carboxylic acids is 1. The smallest absolute Gasteiger partial charge is 0.332 e. The minimum Gasteiger partial charge on any atom is -0.493 e. The fourth-order valence-corrected chi connectivity index (χ4v) is 4.61. The van der Waals surface area contributed by atoms with Crippen LogP contribution in [0, 0.1) is 0 Å². The molecule has 0 unspecified atom stereocenters. The lowest BCUT2D eigenvalue weighted by Crippen LogP contribution is -2.37. The predicted octanol–water partition coefficient (Wildman–Crippen LogP) is 3.75. The van der Waals surface area contributed by atoms with Crippen molar-refractivity contribution in [1.82, 2.24) is 29.1 Å². The molecule has 0 aliphatic carbocycles. The van der Waals surface area contributed by atoms with Crippen LogP contribution < -0.4 is 26.1 Å². The molecule has 0 saturated carbocycles. The summed E-state index contributed by atoms with van der Waals surface area (Å²) in [6.07, 6.45) is 4.44. The van der Waals surface area contributed by atoms with Gasteiger partial charge >= 0.3 is 11.7 Å². The predicted molar refractivity (Wildman–Crippen MR) is 158 cm³/mol. The molecule has 214 valence electrons. The minimum absolute atomic E-state index is 0.0257. The molecular formula is C28H23Cl2N7O5. The molecule has 2 aromatic carbocycles. The number of halogens is 2. The Balaban J connectivity index is 1.50. The van der Waals surface area contributed by atoms with Crippen LogP contribution in [0.25, 0.3) is 11.2 Å². The second-order valence-corrected chi connectivity index (χ2v) is 9.89. The van der Waals surface area contributed by atoms with E-state index in [1.807, 2.05) is 0 Å². The zero-order chi connectivity index (χ0) is 30.0. The van der Waals surface area contributed by atoms with Crippen molar-refractivity contribution in [3.63, 3.8) is 0 Å². The van der Waals surface area contributed by atoms with E-state index in [9.17, 15) is 14.4 Å². The zero-order valence-corrected chi connectivity index (χ0v) is 24.1. The fourth-order valence-electron chi connectivity index (χ4n) is 4.15. The third kappa shape index (κ3) is 5.62. The van der Waals surface area contributed by atoms with Crippen LogP contribution in [0.1, 0.15) is 21.5 Å². The number of aromatic nitrogens is 5. The van der Waals surface area contributed by atoms with Crippen molar-refractivity contribution in [2.45, 2.75) is 6.54 Å². The number of nitrogens with one attached hydrogen (secondary N) is 1. The highest BCUT2D eigenvalue weighted by atomic mass is 35.5. The van der Waals surface area contributed by atoms with E-state index in [-0.39, 0.29) is 29.5 Å². The number of benzene rings is 2. The molecule has 0 atom stereocenters. The van der Waals surface area contributed by atoms with Crippen LogP contribution in [0.4, 0.5) is 0 Å². The van der Waals surface area contributed by atoms with Gasteiger partial charge in [0, 0.05) is 36.5 Å². The van der Waals surface area contributed by atoms with E-state index in [2.05, 4.69) is 20.5 Å². The highest BCUT2D eigenvalue weighted by Crippen LogP contribution is 2.33. The molecular weight excluding hydrogens is 585 g/mol.